The van der Waals surface area contributed by atoms with Gasteiger partial charge in [-0.25, -0.2) is 4.98 Å². The average Bonchev–Trinajstić information content (AvgIpc) is 2.32. The summed E-state index contributed by atoms with van der Waals surface area (Å²) in [6, 6.07) is 10.3. The molecule has 1 atom stereocenters. The molecule has 1 aromatic heterocycles. The van der Waals surface area contributed by atoms with Gasteiger partial charge in [-0.1, -0.05) is 37.9 Å². The predicted octanol–water partition coefficient (Wildman–Crippen LogP) is 5.54. The van der Waals surface area contributed by atoms with E-state index in [2.05, 4.69) is 71.1 Å². The fourth-order valence-corrected chi connectivity index (χ4v) is 3.41. The van der Waals surface area contributed by atoms with Crippen LogP contribution in [0.5, 0.6) is 0 Å². The zero-order valence-electron chi connectivity index (χ0n) is 9.62. The van der Waals surface area contributed by atoms with E-state index in [9.17, 15) is 0 Å². The summed E-state index contributed by atoms with van der Waals surface area (Å²) >= 11 is 10.5. The van der Waals surface area contributed by atoms with E-state index < -0.39 is 0 Å². The second-order valence-electron chi connectivity index (χ2n) is 3.87. The standard InChI is InChI=1S/C13H11Br3N2/c1-8(10-5-4-9(14)7-11(10)15)18-12-3-2-6-17-13(12)16/h2-8,18H,1H3. The summed E-state index contributed by atoms with van der Waals surface area (Å²) in [5, 5.41) is 3.43. The lowest BCUT2D eigenvalue weighted by molar-refractivity contribution is 0.874. The topological polar surface area (TPSA) is 24.9 Å². The van der Waals surface area contributed by atoms with Crippen molar-refractivity contribution in [2.75, 3.05) is 5.32 Å². The van der Waals surface area contributed by atoms with Crippen molar-refractivity contribution >= 4 is 53.5 Å². The minimum atomic E-state index is 0.188. The molecular weight excluding hydrogens is 424 g/mol. The zero-order chi connectivity index (χ0) is 13.1. The molecule has 1 unspecified atom stereocenters. The normalized spacial score (nSPS) is 12.2. The number of benzene rings is 1. The molecule has 0 amide bonds. The second-order valence-corrected chi connectivity index (χ2v) is 6.39. The van der Waals surface area contributed by atoms with E-state index >= 15 is 0 Å². The average molecular weight is 435 g/mol. The number of hydrogen-bond donors (Lipinski definition) is 1. The fourth-order valence-electron chi connectivity index (χ4n) is 1.66. The highest BCUT2D eigenvalue weighted by Gasteiger charge is 2.11. The van der Waals surface area contributed by atoms with Gasteiger partial charge in [0, 0.05) is 21.2 Å². The molecular formula is C13H11Br3N2. The Hall–Kier alpha value is -0.390. The lowest BCUT2D eigenvalue weighted by Crippen LogP contribution is -2.08. The smallest absolute Gasteiger partial charge is 0.129 e. The lowest BCUT2D eigenvalue weighted by Gasteiger charge is -2.18. The highest BCUT2D eigenvalue weighted by molar-refractivity contribution is 9.11. The van der Waals surface area contributed by atoms with E-state index in [0.29, 0.717) is 0 Å². The lowest BCUT2D eigenvalue weighted by atomic mass is 10.1. The SMILES string of the molecule is CC(Nc1cccnc1Br)c1ccc(Br)cc1Br. The first-order valence-corrected chi connectivity index (χ1v) is 7.78. The maximum Gasteiger partial charge on any atom is 0.129 e. The van der Waals surface area contributed by atoms with Crippen LogP contribution in [0.2, 0.25) is 0 Å². The Labute approximate surface area is 132 Å². The van der Waals surface area contributed by atoms with Crippen LogP contribution in [0.4, 0.5) is 5.69 Å². The number of nitrogens with one attached hydrogen (secondary N) is 1. The summed E-state index contributed by atoms with van der Waals surface area (Å²) in [5.74, 6) is 0. The van der Waals surface area contributed by atoms with Crippen LogP contribution in [0, 0.1) is 0 Å². The summed E-state index contributed by atoms with van der Waals surface area (Å²) in [6.07, 6.45) is 1.76. The van der Waals surface area contributed by atoms with Crippen LogP contribution in [0.15, 0.2) is 50.1 Å². The summed E-state index contributed by atoms with van der Waals surface area (Å²) in [4.78, 5) is 4.20. The first-order valence-electron chi connectivity index (χ1n) is 5.40. The van der Waals surface area contributed by atoms with Crippen molar-refractivity contribution in [3.8, 4) is 0 Å². The molecule has 5 heteroatoms. The Kier molecular flexibility index (Phi) is 4.81. The number of hydrogen-bond acceptors (Lipinski definition) is 2. The number of nitrogens with zero attached hydrogens (tertiary/aromatic N) is 1. The molecule has 1 heterocycles. The number of halogens is 3. The summed E-state index contributed by atoms with van der Waals surface area (Å²) in [6.45, 7) is 2.12. The number of pyridine rings is 1. The second kappa shape index (κ2) is 6.17. The monoisotopic (exact) mass is 432 g/mol. The molecule has 0 fully saturated rings. The summed E-state index contributed by atoms with van der Waals surface area (Å²) in [5.41, 5.74) is 2.19. The maximum atomic E-state index is 4.20. The van der Waals surface area contributed by atoms with E-state index in [1.54, 1.807) is 6.20 Å². The van der Waals surface area contributed by atoms with Crippen molar-refractivity contribution in [3.05, 3.63) is 55.6 Å². The van der Waals surface area contributed by atoms with Crippen molar-refractivity contribution in [3.63, 3.8) is 0 Å². The maximum absolute atomic E-state index is 4.20. The van der Waals surface area contributed by atoms with Gasteiger partial charge in [-0.15, -0.1) is 0 Å². The highest BCUT2D eigenvalue weighted by Crippen LogP contribution is 2.30. The van der Waals surface area contributed by atoms with Crippen LogP contribution in [0.3, 0.4) is 0 Å². The molecule has 0 aliphatic carbocycles. The molecule has 0 radical (unpaired) electrons. The first kappa shape index (κ1) is 14.0. The van der Waals surface area contributed by atoms with Crippen molar-refractivity contribution in [1.82, 2.24) is 4.98 Å². The molecule has 94 valence electrons. The van der Waals surface area contributed by atoms with Gasteiger partial charge in [-0.3, -0.25) is 0 Å². The Morgan fingerprint density at radius 1 is 1.17 bits per heavy atom. The molecule has 0 saturated heterocycles. The first-order chi connectivity index (χ1) is 8.58. The van der Waals surface area contributed by atoms with Crippen molar-refractivity contribution in [1.29, 1.82) is 0 Å². The van der Waals surface area contributed by atoms with Crippen LogP contribution in [0.1, 0.15) is 18.5 Å². The van der Waals surface area contributed by atoms with E-state index in [4.69, 9.17) is 0 Å². The Bertz CT molecular complexity index is 558. The third-order valence-corrected chi connectivity index (χ3v) is 4.37. The molecule has 1 aromatic carbocycles. The van der Waals surface area contributed by atoms with E-state index in [1.807, 2.05) is 24.3 Å². The van der Waals surface area contributed by atoms with E-state index in [1.165, 1.54) is 5.56 Å². The number of anilines is 1. The van der Waals surface area contributed by atoms with Gasteiger partial charge in [-0.05, 0) is 52.7 Å². The molecule has 2 aromatic rings. The molecule has 0 spiro atoms. The van der Waals surface area contributed by atoms with Crippen LogP contribution in [0.25, 0.3) is 0 Å². The van der Waals surface area contributed by atoms with Gasteiger partial charge >= 0.3 is 0 Å². The van der Waals surface area contributed by atoms with Crippen molar-refractivity contribution in [2.24, 2.45) is 0 Å². The quantitative estimate of drug-likeness (QED) is 0.641. The minimum absolute atomic E-state index is 0.188. The molecule has 0 aliphatic heterocycles. The Balaban J connectivity index is 2.22. The van der Waals surface area contributed by atoms with Crippen LogP contribution < -0.4 is 5.32 Å². The highest BCUT2D eigenvalue weighted by atomic mass is 79.9. The largest absolute Gasteiger partial charge is 0.376 e. The molecule has 2 nitrogen and oxygen atoms in total. The molecule has 18 heavy (non-hydrogen) atoms. The zero-order valence-corrected chi connectivity index (χ0v) is 14.4. The molecule has 0 aliphatic rings. The van der Waals surface area contributed by atoms with Gasteiger partial charge < -0.3 is 5.32 Å². The fraction of sp³-hybridized carbons (Fsp3) is 0.154. The molecule has 2 rings (SSSR count). The number of rotatable bonds is 3. The Morgan fingerprint density at radius 2 is 1.94 bits per heavy atom. The molecule has 0 bridgehead atoms. The third-order valence-electron chi connectivity index (χ3n) is 2.56. The number of aromatic nitrogens is 1. The van der Waals surface area contributed by atoms with E-state index in [0.717, 1.165) is 19.2 Å². The van der Waals surface area contributed by atoms with Gasteiger partial charge in [-0.2, -0.15) is 0 Å². The third kappa shape index (κ3) is 3.33. The van der Waals surface area contributed by atoms with E-state index in [-0.39, 0.29) is 6.04 Å². The summed E-state index contributed by atoms with van der Waals surface area (Å²) < 4.78 is 2.97. The van der Waals surface area contributed by atoms with Gasteiger partial charge in [0.25, 0.3) is 0 Å². The van der Waals surface area contributed by atoms with Crippen LogP contribution >= 0.6 is 47.8 Å². The minimum Gasteiger partial charge on any atom is -0.376 e. The molecule has 0 saturated carbocycles. The summed E-state index contributed by atoms with van der Waals surface area (Å²) in [7, 11) is 0. The van der Waals surface area contributed by atoms with Crippen molar-refractivity contribution in [2.45, 2.75) is 13.0 Å². The predicted molar refractivity (Wildman–Crippen MR) is 85.8 cm³/mol. The molecule has 1 N–H and O–H groups in total. The van der Waals surface area contributed by atoms with Crippen LogP contribution in [-0.4, -0.2) is 4.98 Å². The van der Waals surface area contributed by atoms with Gasteiger partial charge in [0.15, 0.2) is 0 Å². The van der Waals surface area contributed by atoms with Gasteiger partial charge in [0.1, 0.15) is 4.60 Å². The Morgan fingerprint density at radius 3 is 2.61 bits per heavy atom. The van der Waals surface area contributed by atoms with Gasteiger partial charge in [0.2, 0.25) is 0 Å². The van der Waals surface area contributed by atoms with Crippen molar-refractivity contribution < 1.29 is 0 Å². The van der Waals surface area contributed by atoms with Gasteiger partial charge in [0.05, 0.1) is 5.69 Å². The van der Waals surface area contributed by atoms with Crippen LogP contribution in [-0.2, 0) is 0 Å².